The zero-order chi connectivity index (χ0) is 10.7. The minimum absolute atomic E-state index is 0.392. The Labute approximate surface area is 93.3 Å². The minimum Gasteiger partial charge on any atom is -0.485 e. The van der Waals surface area contributed by atoms with Gasteiger partial charge in [0.15, 0.2) is 17.1 Å². The van der Waals surface area contributed by atoms with Crippen molar-refractivity contribution in [2.75, 3.05) is 19.8 Å². The Morgan fingerprint density at radius 1 is 1.60 bits per heavy atom. The van der Waals surface area contributed by atoms with Crippen LogP contribution in [0.1, 0.15) is 6.92 Å². The zero-order valence-electron chi connectivity index (χ0n) is 8.69. The third-order valence-corrected chi connectivity index (χ3v) is 2.83. The van der Waals surface area contributed by atoms with Gasteiger partial charge in [-0.15, -0.1) is 17.9 Å². The molecule has 0 aliphatic carbocycles. The molecule has 0 radical (unpaired) electrons. The average Bonchev–Trinajstić information content (AvgIpc) is 2.64. The van der Waals surface area contributed by atoms with Crippen LogP contribution in [0.2, 0.25) is 0 Å². The Kier molecular flexibility index (Phi) is 2.98. The molecule has 1 aromatic rings. The van der Waals surface area contributed by atoms with E-state index in [0.717, 1.165) is 11.5 Å². The standard InChI is InChI=1S/C11H14O3S/c1-3-4-12-7-11(2)8-13-9-5-15-6-10(9)14-11/h3,5-6H,1,4,7-8H2,2H3. The topological polar surface area (TPSA) is 27.7 Å². The van der Waals surface area contributed by atoms with Gasteiger partial charge in [0.25, 0.3) is 0 Å². The molecule has 0 spiro atoms. The largest absolute Gasteiger partial charge is 0.485 e. The third kappa shape index (κ3) is 2.33. The van der Waals surface area contributed by atoms with Crippen LogP contribution < -0.4 is 9.47 Å². The Morgan fingerprint density at radius 3 is 3.20 bits per heavy atom. The van der Waals surface area contributed by atoms with Gasteiger partial charge in [-0.25, -0.2) is 0 Å². The van der Waals surface area contributed by atoms with Crippen LogP contribution in [0.4, 0.5) is 0 Å². The number of thiophene rings is 1. The van der Waals surface area contributed by atoms with Crippen molar-refractivity contribution >= 4 is 11.3 Å². The summed E-state index contributed by atoms with van der Waals surface area (Å²) in [6.45, 7) is 7.15. The fourth-order valence-corrected chi connectivity index (χ4v) is 2.07. The lowest BCUT2D eigenvalue weighted by Gasteiger charge is -2.33. The zero-order valence-corrected chi connectivity index (χ0v) is 9.51. The van der Waals surface area contributed by atoms with Gasteiger partial charge in [-0.05, 0) is 6.92 Å². The van der Waals surface area contributed by atoms with Crippen molar-refractivity contribution in [2.45, 2.75) is 12.5 Å². The van der Waals surface area contributed by atoms with Crippen LogP contribution in [0.5, 0.6) is 11.5 Å². The highest BCUT2D eigenvalue weighted by atomic mass is 32.1. The molecule has 0 amide bonds. The molecule has 1 atom stereocenters. The Bertz CT molecular complexity index is 347. The van der Waals surface area contributed by atoms with Gasteiger partial charge in [-0.1, -0.05) is 6.08 Å². The van der Waals surface area contributed by atoms with Crippen LogP contribution in [0.3, 0.4) is 0 Å². The molecule has 0 bridgehead atoms. The smallest absolute Gasteiger partial charge is 0.173 e. The predicted octanol–water partition coefficient (Wildman–Crippen LogP) is 2.48. The lowest BCUT2D eigenvalue weighted by molar-refractivity contribution is -0.0525. The maximum absolute atomic E-state index is 5.83. The molecule has 2 rings (SSSR count). The molecular formula is C11H14O3S. The summed E-state index contributed by atoms with van der Waals surface area (Å²) in [7, 11) is 0. The molecule has 0 fully saturated rings. The second kappa shape index (κ2) is 4.24. The summed E-state index contributed by atoms with van der Waals surface area (Å²) in [5.74, 6) is 1.65. The van der Waals surface area contributed by atoms with Crippen LogP contribution in [-0.2, 0) is 4.74 Å². The molecule has 15 heavy (non-hydrogen) atoms. The number of ether oxygens (including phenoxy) is 3. The van der Waals surface area contributed by atoms with Gasteiger partial charge in [0.2, 0.25) is 0 Å². The van der Waals surface area contributed by atoms with Crippen molar-refractivity contribution in [1.82, 2.24) is 0 Å². The highest BCUT2D eigenvalue weighted by Crippen LogP contribution is 2.38. The number of hydrogen-bond acceptors (Lipinski definition) is 4. The highest BCUT2D eigenvalue weighted by Gasteiger charge is 2.33. The molecule has 0 saturated carbocycles. The molecule has 1 aromatic heterocycles. The molecule has 1 aliphatic rings. The van der Waals surface area contributed by atoms with Crippen LogP contribution in [0.25, 0.3) is 0 Å². The summed E-state index contributed by atoms with van der Waals surface area (Å²) < 4.78 is 16.8. The lowest BCUT2D eigenvalue weighted by Crippen LogP contribution is -2.45. The average molecular weight is 226 g/mol. The monoisotopic (exact) mass is 226 g/mol. The van der Waals surface area contributed by atoms with Crippen molar-refractivity contribution in [3.8, 4) is 11.5 Å². The fraction of sp³-hybridized carbons (Fsp3) is 0.455. The molecule has 0 saturated heterocycles. The maximum Gasteiger partial charge on any atom is 0.173 e. The van der Waals surface area contributed by atoms with Crippen LogP contribution >= 0.6 is 11.3 Å². The van der Waals surface area contributed by atoms with E-state index in [1.807, 2.05) is 17.7 Å². The van der Waals surface area contributed by atoms with Crippen LogP contribution in [0, 0.1) is 0 Å². The van der Waals surface area contributed by atoms with Gasteiger partial charge >= 0.3 is 0 Å². The van der Waals surface area contributed by atoms with E-state index in [1.165, 1.54) is 0 Å². The molecule has 1 unspecified atom stereocenters. The van der Waals surface area contributed by atoms with E-state index in [1.54, 1.807) is 17.4 Å². The third-order valence-electron chi connectivity index (χ3n) is 2.13. The minimum atomic E-state index is -0.392. The quantitative estimate of drug-likeness (QED) is 0.583. The van der Waals surface area contributed by atoms with E-state index in [9.17, 15) is 0 Å². The van der Waals surface area contributed by atoms with E-state index in [4.69, 9.17) is 14.2 Å². The van der Waals surface area contributed by atoms with Crippen molar-refractivity contribution in [1.29, 1.82) is 0 Å². The van der Waals surface area contributed by atoms with Gasteiger partial charge < -0.3 is 14.2 Å². The van der Waals surface area contributed by atoms with Crippen LogP contribution in [-0.4, -0.2) is 25.4 Å². The SMILES string of the molecule is C=CCOCC1(C)COc2cscc2O1. The van der Waals surface area contributed by atoms with Crippen molar-refractivity contribution in [3.05, 3.63) is 23.4 Å². The summed E-state index contributed by atoms with van der Waals surface area (Å²) in [6, 6.07) is 0. The Morgan fingerprint density at radius 2 is 2.40 bits per heavy atom. The molecule has 0 aromatic carbocycles. The van der Waals surface area contributed by atoms with Crippen molar-refractivity contribution in [2.24, 2.45) is 0 Å². The van der Waals surface area contributed by atoms with E-state index < -0.39 is 5.60 Å². The van der Waals surface area contributed by atoms with E-state index in [2.05, 4.69) is 6.58 Å². The van der Waals surface area contributed by atoms with Crippen LogP contribution in [0.15, 0.2) is 23.4 Å². The number of fused-ring (bicyclic) bond motifs is 1. The Hall–Kier alpha value is -1.00. The van der Waals surface area contributed by atoms with Gasteiger partial charge in [0, 0.05) is 10.8 Å². The molecule has 2 heterocycles. The fourth-order valence-electron chi connectivity index (χ4n) is 1.41. The van der Waals surface area contributed by atoms with E-state index >= 15 is 0 Å². The van der Waals surface area contributed by atoms with E-state index in [-0.39, 0.29) is 0 Å². The highest BCUT2D eigenvalue weighted by molar-refractivity contribution is 7.08. The Balaban J connectivity index is 1.97. The molecule has 3 nitrogen and oxygen atoms in total. The molecule has 0 N–H and O–H groups in total. The number of rotatable bonds is 4. The summed E-state index contributed by atoms with van der Waals surface area (Å²) in [5.41, 5.74) is -0.392. The lowest BCUT2D eigenvalue weighted by atomic mass is 10.1. The maximum atomic E-state index is 5.83. The van der Waals surface area contributed by atoms with E-state index in [0.29, 0.717) is 19.8 Å². The first kappa shape index (κ1) is 10.5. The number of hydrogen-bond donors (Lipinski definition) is 0. The first-order chi connectivity index (χ1) is 7.23. The van der Waals surface area contributed by atoms with Gasteiger partial charge in [-0.3, -0.25) is 0 Å². The summed E-state index contributed by atoms with van der Waals surface area (Å²) in [6.07, 6.45) is 1.73. The van der Waals surface area contributed by atoms with Gasteiger partial charge in [0.05, 0.1) is 13.2 Å². The van der Waals surface area contributed by atoms with Crippen molar-refractivity contribution in [3.63, 3.8) is 0 Å². The van der Waals surface area contributed by atoms with Gasteiger partial charge in [-0.2, -0.15) is 0 Å². The summed E-state index contributed by atoms with van der Waals surface area (Å²) in [5, 5.41) is 3.89. The van der Waals surface area contributed by atoms with Crippen molar-refractivity contribution < 1.29 is 14.2 Å². The molecule has 82 valence electrons. The van der Waals surface area contributed by atoms with Gasteiger partial charge in [0.1, 0.15) is 6.61 Å². The molecular weight excluding hydrogens is 212 g/mol. The predicted molar refractivity (Wildman–Crippen MR) is 59.9 cm³/mol. The second-order valence-electron chi connectivity index (χ2n) is 3.74. The first-order valence-corrected chi connectivity index (χ1v) is 5.74. The molecule has 1 aliphatic heterocycles. The summed E-state index contributed by atoms with van der Waals surface area (Å²) >= 11 is 1.58. The normalized spacial score (nSPS) is 23.8. The molecule has 4 heteroatoms. The summed E-state index contributed by atoms with van der Waals surface area (Å²) in [4.78, 5) is 0. The first-order valence-electron chi connectivity index (χ1n) is 4.80. The second-order valence-corrected chi connectivity index (χ2v) is 4.49.